The summed E-state index contributed by atoms with van der Waals surface area (Å²) in [5.74, 6) is 1.57. The maximum atomic E-state index is 5.21. The summed E-state index contributed by atoms with van der Waals surface area (Å²) in [6.45, 7) is 4.48. The maximum absolute atomic E-state index is 5.21. The second-order valence-corrected chi connectivity index (χ2v) is 4.11. The van der Waals surface area contributed by atoms with Crippen LogP contribution >= 0.6 is 0 Å². The zero-order valence-electron chi connectivity index (χ0n) is 10.1. The third-order valence-electron chi connectivity index (χ3n) is 3.00. The van der Waals surface area contributed by atoms with Gasteiger partial charge in [0.1, 0.15) is 5.75 Å². The lowest BCUT2D eigenvalue weighted by Gasteiger charge is -2.19. The minimum Gasteiger partial charge on any atom is -0.497 e. The lowest BCUT2D eigenvalue weighted by Crippen LogP contribution is -2.29. The molecule has 0 amide bonds. The van der Waals surface area contributed by atoms with Crippen LogP contribution in [0, 0.1) is 5.92 Å². The molecule has 0 fully saturated rings. The Bertz CT molecular complexity index is 298. The summed E-state index contributed by atoms with van der Waals surface area (Å²) in [5.41, 5.74) is 1.34. The number of ether oxygens (including phenoxy) is 1. The van der Waals surface area contributed by atoms with Crippen LogP contribution in [0.5, 0.6) is 5.75 Å². The molecule has 0 bridgehead atoms. The average molecular weight is 207 g/mol. The van der Waals surface area contributed by atoms with Crippen molar-refractivity contribution in [2.24, 2.45) is 5.92 Å². The van der Waals surface area contributed by atoms with E-state index in [4.69, 9.17) is 4.74 Å². The van der Waals surface area contributed by atoms with Crippen molar-refractivity contribution < 1.29 is 4.74 Å². The normalized spacial score (nSPS) is 14.7. The molecule has 0 heterocycles. The number of rotatable bonds is 5. The first-order chi connectivity index (χ1) is 7.17. The van der Waals surface area contributed by atoms with Crippen LogP contribution in [0.2, 0.25) is 0 Å². The van der Waals surface area contributed by atoms with Crippen molar-refractivity contribution in [2.45, 2.75) is 26.3 Å². The molecule has 1 N–H and O–H groups in total. The predicted octanol–water partition coefficient (Wildman–Crippen LogP) is 2.48. The molecule has 15 heavy (non-hydrogen) atoms. The van der Waals surface area contributed by atoms with Crippen LogP contribution in [0.1, 0.15) is 19.4 Å². The SMILES string of the molecule is CNC(C)C(C)Cc1cccc(OC)c1. The smallest absolute Gasteiger partial charge is 0.119 e. The van der Waals surface area contributed by atoms with Crippen molar-refractivity contribution in [1.82, 2.24) is 5.32 Å². The van der Waals surface area contributed by atoms with E-state index in [1.807, 2.05) is 19.2 Å². The third-order valence-corrected chi connectivity index (χ3v) is 3.00. The Kier molecular flexibility index (Phi) is 4.63. The highest BCUT2D eigenvalue weighted by molar-refractivity contribution is 5.28. The molecular formula is C13H21NO. The number of nitrogens with one attached hydrogen (secondary N) is 1. The van der Waals surface area contributed by atoms with E-state index in [0.29, 0.717) is 12.0 Å². The topological polar surface area (TPSA) is 21.3 Å². The summed E-state index contributed by atoms with van der Waals surface area (Å²) in [4.78, 5) is 0. The van der Waals surface area contributed by atoms with E-state index in [0.717, 1.165) is 12.2 Å². The van der Waals surface area contributed by atoms with Gasteiger partial charge in [0.2, 0.25) is 0 Å². The van der Waals surface area contributed by atoms with Crippen LogP contribution in [-0.4, -0.2) is 20.2 Å². The van der Waals surface area contributed by atoms with E-state index in [-0.39, 0.29) is 0 Å². The van der Waals surface area contributed by atoms with Crippen LogP contribution < -0.4 is 10.1 Å². The number of hydrogen-bond acceptors (Lipinski definition) is 2. The van der Waals surface area contributed by atoms with Gasteiger partial charge in [-0.2, -0.15) is 0 Å². The number of methoxy groups -OCH3 is 1. The van der Waals surface area contributed by atoms with E-state index in [1.165, 1.54) is 5.56 Å². The minimum atomic E-state index is 0.538. The Morgan fingerprint density at radius 3 is 2.67 bits per heavy atom. The molecule has 0 saturated carbocycles. The molecule has 1 aromatic rings. The molecule has 0 aliphatic heterocycles. The van der Waals surface area contributed by atoms with Gasteiger partial charge in [-0.05, 0) is 44.0 Å². The first-order valence-electron chi connectivity index (χ1n) is 5.47. The zero-order chi connectivity index (χ0) is 11.3. The van der Waals surface area contributed by atoms with E-state index >= 15 is 0 Å². The largest absolute Gasteiger partial charge is 0.497 e. The molecule has 2 atom stereocenters. The van der Waals surface area contributed by atoms with Crippen molar-refractivity contribution in [3.63, 3.8) is 0 Å². The van der Waals surface area contributed by atoms with Crippen molar-refractivity contribution in [3.05, 3.63) is 29.8 Å². The highest BCUT2D eigenvalue weighted by Gasteiger charge is 2.10. The van der Waals surface area contributed by atoms with Gasteiger partial charge in [-0.3, -0.25) is 0 Å². The molecule has 0 aromatic heterocycles. The van der Waals surface area contributed by atoms with E-state index in [1.54, 1.807) is 7.11 Å². The van der Waals surface area contributed by atoms with Crippen molar-refractivity contribution >= 4 is 0 Å². The standard InChI is InChI=1S/C13H21NO/c1-10(11(2)14-3)8-12-6-5-7-13(9-12)15-4/h5-7,9-11,14H,8H2,1-4H3. The van der Waals surface area contributed by atoms with Gasteiger partial charge in [-0.15, -0.1) is 0 Å². The summed E-state index contributed by atoms with van der Waals surface area (Å²) in [7, 11) is 3.71. The van der Waals surface area contributed by atoms with Crippen LogP contribution in [-0.2, 0) is 6.42 Å². The molecule has 0 aliphatic rings. The molecule has 1 aromatic carbocycles. The Hall–Kier alpha value is -1.02. The molecule has 84 valence electrons. The molecule has 0 saturated heterocycles. The maximum Gasteiger partial charge on any atom is 0.119 e. The van der Waals surface area contributed by atoms with Crippen molar-refractivity contribution in [1.29, 1.82) is 0 Å². The number of benzene rings is 1. The van der Waals surface area contributed by atoms with Crippen LogP contribution in [0.25, 0.3) is 0 Å². The molecule has 1 rings (SSSR count). The van der Waals surface area contributed by atoms with Gasteiger partial charge < -0.3 is 10.1 Å². The van der Waals surface area contributed by atoms with Crippen LogP contribution in [0.15, 0.2) is 24.3 Å². The summed E-state index contributed by atoms with van der Waals surface area (Å²) >= 11 is 0. The van der Waals surface area contributed by atoms with E-state index in [9.17, 15) is 0 Å². The Morgan fingerprint density at radius 1 is 1.33 bits per heavy atom. The number of hydrogen-bond donors (Lipinski definition) is 1. The highest BCUT2D eigenvalue weighted by Crippen LogP contribution is 2.17. The van der Waals surface area contributed by atoms with Gasteiger partial charge in [-0.25, -0.2) is 0 Å². The van der Waals surface area contributed by atoms with Gasteiger partial charge >= 0.3 is 0 Å². The lowest BCUT2D eigenvalue weighted by atomic mass is 9.95. The Balaban J connectivity index is 2.63. The first kappa shape index (κ1) is 12.1. The first-order valence-corrected chi connectivity index (χ1v) is 5.47. The fourth-order valence-corrected chi connectivity index (χ4v) is 1.63. The lowest BCUT2D eigenvalue weighted by molar-refractivity contribution is 0.409. The van der Waals surface area contributed by atoms with Crippen LogP contribution in [0.4, 0.5) is 0 Å². The van der Waals surface area contributed by atoms with Gasteiger partial charge in [0.05, 0.1) is 7.11 Å². The summed E-state index contributed by atoms with van der Waals surface area (Å²) < 4.78 is 5.21. The highest BCUT2D eigenvalue weighted by atomic mass is 16.5. The second kappa shape index (κ2) is 5.76. The summed E-state index contributed by atoms with van der Waals surface area (Å²) in [6.07, 6.45) is 1.08. The van der Waals surface area contributed by atoms with Crippen LogP contribution in [0.3, 0.4) is 0 Å². The summed E-state index contributed by atoms with van der Waals surface area (Å²) in [6, 6.07) is 8.83. The minimum absolute atomic E-state index is 0.538. The van der Waals surface area contributed by atoms with Gasteiger partial charge in [0.15, 0.2) is 0 Å². The molecule has 0 spiro atoms. The van der Waals surface area contributed by atoms with Gasteiger partial charge in [0, 0.05) is 6.04 Å². The van der Waals surface area contributed by atoms with E-state index < -0.39 is 0 Å². The quantitative estimate of drug-likeness (QED) is 0.801. The third kappa shape index (κ3) is 3.56. The fourth-order valence-electron chi connectivity index (χ4n) is 1.63. The molecular weight excluding hydrogens is 186 g/mol. The molecule has 2 heteroatoms. The zero-order valence-corrected chi connectivity index (χ0v) is 10.1. The fraction of sp³-hybridized carbons (Fsp3) is 0.538. The van der Waals surface area contributed by atoms with Gasteiger partial charge in [0.25, 0.3) is 0 Å². The Morgan fingerprint density at radius 2 is 2.07 bits per heavy atom. The second-order valence-electron chi connectivity index (χ2n) is 4.11. The molecule has 2 nitrogen and oxygen atoms in total. The van der Waals surface area contributed by atoms with Crippen molar-refractivity contribution in [3.8, 4) is 5.75 Å². The monoisotopic (exact) mass is 207 g/mol. The molecule has 0 radical (unpaired) electrons. The Labute approximate surface area is 92.6 Å². The average Bonchev–Trinajstić information content (AvgIpc) is 2.28. The molecule has 2 unspecified atom stereocenters. The summed E-state index contributed by atoms with van der Waals surface area (Å²) in [5, 5.41) is 3.28. The van der Waals surface area contributed by atoms with E-state index in [2.05, 4.69) is 31.3 Å². The van der Waals surface area contributed by atoms with Crippen molar-refractivity contribution in [2.75, 3.05) is 14.2 Å². The predicted molar refractivity (Wildman–Crippen MR) is 64.4 cm³/mol. The van der Waals surface area contributed by atoms with Gasteiger partial charge in [-0.1, -0.05) is 19.1 Å². The molecule has 0 aliphatic carbocycles.